The molecule has 1 aromatic carbocycles. The molecule has 0 atom stereocenters. The van der Waals surface area contributed by atoms with Gasteiger partial charge in [-0.05, 0) is 24.3 Å². The molecule has 0 saturated heterocycles. The summed E-state index contributed by atoms with van der Waals surface area (Å²) in [5, 5.41) is 0. The molecule has 2 heteroatoms. The fourth-order valence-corrected chi connectivity index (χ4v) is 2.37. The van der Waals surface area contributed by atoms with Gasteiger partial charge in [-0.2, -0.15) is 0 Å². The van der Waals surface area contributed by atoms with E-state index in [9.17, 15) is 0 Å². The minimum absolute atomic E-state index is 0.689. The maximum absolute atomic E-state index is 5.79. The van der Waals surface area contributed by atoms with E-state index in [0.29, 0.717) is 5.92 Å². The Hall–Kier alpha value is -0.650. The molecule has 0 spiro atoms. The van der Waals surface area contributed by atoms with Crippen molar-refractivity contribution in [3.05, 3.63) is 23.8 Å². The van der Waals surface area contributed by atoms with Crippen LogP contribution in [0.2, 0.25) is 0 Å². The molecule has 0 bridgehead atoms. The highest BCUT2D eigenvalue weighted by molar-refractivity contribution is 6.37. The van der Waals surface area contributed by atoms with Gasteiger partial charge in [-0.1, -0.05) is 48.4 Å². The molecule has 14 heavy (non-hydrogen) atoms. The maximum atomic E-state index is 5.79. The van der Waals surface area contributed by atoms with Gasteiger partial charge in [0, 0.05) is 0 Å². The molecule has 1 aliphatic carbocycles. The Morgan fingerprint density at radius 2 is 1.43 bits per heavy atom. The number of hydrogen-bond donors (Lipinski definition) is 0. The van der Waals surface area contributed by atoms with Crippen molar-refractivity contribution < 1.29 is 0 Å². The SMILES string of the molecule is [B]c1cc([B])cc(C2CCCCC2)c1. The van der Waals surface area contributed by atoms with Crippen LogP contribution < -0.4 is 10.9 Å². The third kappa shape index (κ3) is 2.23. The predicted molar refractivity (Wildman–Crippen MR) is 63.0 cm³/mol. The van der Waals surface area contributed by atoms with Gasteiger partial charge in [-0.3, -0.25) is 0 Å². The van der Waals surface area contributed by atoms with Crippen LogP contribution in [0.1, 0.15) is 43.6 Å². The average molecular weight is 180 g/mol. The third-order valence-corrected chi connectivity index (χ3v) is 3.08. The Morgan fingerprint density at radius 1 is 0.857 bits per heavy atom. The summed E-state index contributed by atoms with van der Waals surface area (Å²) in [6.45, 7) is 0. The van der Waals surface area contributed by atoms with Gasteiger partial charge in [0.2, 0.25) is 0 Å². The molecule has 1 aromatic rings. The largest absolute Gasteiger partial charge is 0.113 e. The molecule has 0 aliphatic heterocycles. The molecule has 4 radical (unpaired) electrons. The van der Waals surface area contributed by atoms with Crippen LogP contribution in [-0.2, 0) is 0 Å². The van der Waals surface area contributed by atoms with Crippen LogP contribution in [0.25, 0.3) is 0 Å². The van der Waals surface area contributed by atoms with Crippen molar-refractivity contribution in [3.63, 3.8) is 0 Å². The zero-order chi connectivity index (χ0) is 9.97. The first-order chi connectivity index (χ1) is 6.75. The van der Waals surface area contributed by atoms with Crippen LogP contribution in [0.4, 0.5) is 0 Å². The second-order valence-electron chi connectivity index (χ2n) is 4.27. The Labute approximate surface area is 88.9 Å². The van der Waals surface area contributed by atoms with E-state index in [2.05, 4.69) is 12.1 Å². The molecule has 68 valence electrons. The van der Waals surface area contributed by atoms with E-state index < -0.39 is 0 Å². The van der Waals surface area contributed by atoms with E-state index in [4.69, 9.17) is 15.7 Å². The van der Waals surface area contributed by atoms with Gasteiger partial charge in [0.05, 0.1) is 0 Å². The zero-order valence-corrected chi connectivity index (χ0v) is 8.50. The van der Waals surface area contributed by atoms with Gasteiger partial charge < -0.3 is 0 Å². The molecule has 1 saturated carbocycles. The molecule has 0 N–H and O–H groups in total. The predicted octanol–water partition coefficient (Wildman–Crippen LogP) is 1.32. The molecule has 0 heterocycles. The van der Waals surface area contributed by atoms with Crippen LogP contribution in [0.3, 0.4) is 0 Å². The highest BCUT2D eigenvalue weighted by Crippen LogP contribution is 2.31. The van der Waals surface area contributed by atoms with Crippen molar-refractivity contribution in [1.82, 2.24) is 0 Å². The quantitative estimate of drug-likeness (QED) is 0.571. The third-order valence-electron chi connectivity index (χ3n) is 3.08. The Morgan fingerprint density at radius 3 is 2.00 bits per heavy atom. The van der Waals surface area contributed by atoms with Gasteiger partial charge in [0.25, 0.3) is 0 Å². The molecule has 0 unspecified atom stereocenters. The standard InChI is InChI=1S/C12H14B2/c13-11-6-10(7-12(14)8-11)9-4-2-1-3-5-9/h6-9H,1-5H2. The Balaban J connectivity index is 2.21. The number of rotatable bonds is 1. The van der Waals surface area contributed by atoms with Crippen molar-refractivity contribution in [2.75, 3.05) is 0 Å². The molecule has 1 fully saturated rings. The molecular weight excluding hydrogens is 166 g/mol. The molecular formula is C12H14B2. The monoisotopic (exact) mass is 180 g/mol. The van der Waals surface area contributed by atoms with Crippen LogP contribution >= 0.6 is 0 Å². The first-order valence-electron chi connectivity index (χ1n) is 5.41. The van der Waals surface area contributed by atoms with E-state index in [-0.39, 0.29) is 0 Å². The van der Waals surface area contributed by atoms with E-state index in [1.54, 1.807) is 0 Å². The lowest BCUT2D eigenvalue weighted by molar-refractivity contribution is 0.444. The summed E-state index contributed by atoms with van der Waals surface area (Å²) in [6, 6.07) is 5.98. The van der Waals surface area contributed by atoms with E-state index >= 15 is 0 Å². The highest BCUT2D eigenvalue weighted by atomic mass is 14.2. The lowest BCUT2D eigenvalue weighted by Crippen LogP contribution is -2.17. The highest BCUT2D eigenvalue weighted by Gasteiger charge is 2.15. The van der Waals surface area contributed by atoms with E-state index in [1.165, 1.54) is 37.7 Å². The second-order valence-corrected chi connectivity index (χ2v) is 4.27. The van der Waals surface area contributed by atoms with Gasteiger partial charge in [0.1, 0.15) is 15.7 Å². The molecule has 0 amide bonds. The van der Waals surface area contributed by atoms with Crippen molar-refractivity contribution in [1.29, 1.82) is 0 Å². The molecule has 1 aliphatic rings. The van der Waals surface area contributed by atoms with Crippen LogP contribution in [0.5, 0.6) is 0 Å². The summed E-state index contributed by atoms with van der Waals surface area (Å²) in [5.41, 5.74) is 2.93. The van der Waals surface area contributed by atoms with Crippen molar-refractivity contribution in [2.24, 2.45) is 0 Å². The van der Waals surface area contributed by atoms with Crippen LogP contribution in [-0.4, -0.2) is 15.7 Å². The summed E-state index contributed by atoms with van der Waals surface area (Å²) < 4.78 is 0. The first-order valence-corrected chi connectivity index (χ1v) is 5.41. The lowest BCUT2D eigenvalue weighted by atomic mass is 9.78. The van der Waals surface area contributed by atoms with Crippen LogP contribution in [0, 0.1) is 0 Å². The summed E-state index contributed by atoms with van der Waals surface area (Å²) >= 11 is 0. The summed E-state index contributed by atoms with van der Waals surface area (Å²) in [5.74, 6) is 0.689. The second kappa shape index (κ2) is 4.25. The van der Waals surface area contributed by atoms with Gasteiger partial charge in [-0.15, -0.1) is 0 Å². The maximum Gasteiger partial charge on any atom is 0.113 e. The summed E-state index contributed by atoms with van der Waals surface area (Å²) in [6.07, 6.45) is 6.67. The van der Waals surface area contributed by atoms with E-state index in [0.717, 1.165) is 10.9 Å². The average Bonchev–Trinajstić information content (AvgIpc) is 2.18. The van der Waals surface area contributed by atoms with E-state index in [1.807, 2.05) is 6.07 Å². The van der Waals surface area contributed by atoms with Gasteiger partial charge in [-0.25, -0.2) is 0 Å². The minimum Gasteiger partial charge on any atom is -0.0970 e. The first kappa shape index (κ1) is 9.89. The molecule has 0 nitrogen and oxygen atoms in total. The fraction of sp³-hybridized carbons (Fsp3) is 0.500. The van der Waals surface area contributed by atoms with Crippen LogP contribution in [0.15, 0.2) is 18.2 Å². The topological polar surface area (TPSA) is 0 Å². The molecule has 2 rings (SSSR count). The lowest BCUT2D eigenvalue weighted by Gasteiger charge is -2.22. The van der Waals surface area contributed by atoms with Crippen molar-refractivity contribution in [3.8, 4) is 0 Å². The summed E-state index contributed by atoms with van der Waals surface area (Å²) in [4.78, 5) is 0. The van der Waals surface area contributed by atoms with Gasteiger partial charge >= 0.3 is 0 Å². The smallest absolute Gasteiger partial charge is 0.0970 e. The number of benzene rings is 1. The zero-order valence-electron chi connectivity index (χ0n) is 8.50. The Bertz CT molecular complexity index is 294. The fourth-order valence-electron chi connectivity index (χ4n) is 2.37. The normalized spacial score (nSPS) is 18.3. The minimum atomic E-state index is 0.689. The van der Waals surface area contributed by atoms with Crippen molar-refractivity contribution in [2.45, 2.75) is 38.0 Å². The van der Waals surface area contributed by atoms with Crippen molar-refractivity contribution >= 4 is 26.6 Å². The number of hydrogen-bond acceptors (Lipinski definition) is 0. The van der Waals surface area contributed by atoms with Gasteiger partial charge in [0.15, 0.2) is 0 Å². The summed E-state index contributed by atoms with van der Waals surface area (Å²) in [7, 11) is 11.6. The Kier molecular flexibility index (Phi) is 3.00. The molecule has 0 aromatic heterocycles.